The van der Waals surface area contributed by atoms with Crippen LogP contribution in [0, 0.1) is 0 Å². The average molecular weight is 423 g/mol. The predicted molar refractivity (Wildman–Crippen MR) is 120 cm³/mol. The molecule has 0 heterocycles. The van der Waals surface area contributed by atoms with Crippen LogP contribution in [-0.2, 0) is 16.4 Å². The Labute approximate surface area is 178 Å². The normalized spacial score (nSPS) is 11.4. The number of hydrogen-bond donors (Lipinski definition) is 1. The molecule has 0 radical (unpaired) electrons. The Kier molecular flexibility index (Phi) is 7.03. The number of benzene rings is 3. The molecule has 0 aromatic heterocycles. The van der Waals surface area contributed by atoms with Gasteiger partial charge in [0.2, 0.25) is 10.0 Å². The molecule has 0 saturated carbocycles. The van der Waals surface area contributed by atoms with E-state index in [1.807, 2.05) is 60.7 Å². The molecule has 1 N–H and O–H groups in total. The van der Waals surface area contributed by atoms with Crippen LogP contribution in [0.15, 0.2) is 89.8 Å². The Hall–Kier alpha value is -2.96. The van der Waals surface area contributed by atoms with Crippen molar-refractivity contribution in [3.05, 3.63) is 96.1 Å². The van der Waals surface area contributed by atoms with E-state index in [1.54, 1.807) is 30.9 Å². The maximum absolute atomic E-state index is 13.4. The minimum absolute atomic E-state index is 0.0816. The molecular formula is C24H26N2O3S. The Morgan fingerprint density at radius 2 is 1.53 bits per heavy atom. The standard InChI is InChI=1S/C24H26N2O3S/c1-19(2)25-30(28,29)23-15-9-12-21(18-23)24(27)26(22-13-7-4-8-14-22)17-16-20-10-5-3-6-11-20/h3-15,18-19,25H,16-17H2,1-2H3. The van der Waals surface area contributed by atoms with Crippen LogP contribution in [0.2, 0.25) is 0 Å². The average Bonchev–Trinajstić information content (AvgIpc) is 2.74. The smallest absolute Gasteiger partial charge is 0.258 e. The van der Waals surface area contributed by atoms with Crippen LogP contribution in [0.4, 0.5) is 5.69 Å². The van der Waals surface area contributed by atoms with Gasteiger partial charge >= 0.3 is 0 Å². The molecule has 0 aliphatic heterocycles. The first kappa shape index (κ1) is 21.7. The summed E-state index contributed by atoms with van der Waals surface area (Å²) in [5.41, 5.74) is 2.23. The lowest BCUT2D eigenvalue weighted by molar-refractivity contribution is 0.0987. The zero-order valence-corrected chi connectivity index (χ0v) is 18.0. The van der Waals surface area contributed by atoms with Crippen molar-refractivity contribution in [2.45, 2.75) is 31.2 Å². The van der Waals surface area contributed by atoms with Gasteiger partial charge in [-0.3, -0.25) is 4.79 Å². The summed E-state index contributed by atoms with van der Waals surface area (Å²) in [6.07, 6.45) is 0.689. The molecule has 0 bridgehead atoms. The monoisotopic (exact) mass is 422 g/mol. The van der Waals surface area contributed by atoms with E-state index in [9.17, 15) is 13.2 Å². The van der Waals surface area contributed by atoms with E-state index < -0.39 is 10.0 Å². The number of carbonyl (C=O) groups excluding carboxylic acids is 1. The van der Waals surface area contributed by atoms with Gasteiger partial charge in [0.25, 0.3) is 5.91 Å². The van der Waals surface area contributed by atoms with Gasteiger partial charge in [0.15, 0.2) is 0 Å². The highest BCUT2D eigenvalue weighted by Crippen LogP contribution is 2.20. The van der Waals surface area contributed by atoms with Crippen molar-refractivity contribution < 1.29 is 13.2 Å². The fraction of sp³-hybridized carbons (Fsp3) is 0.208. The van der Waals surface area contributed by atoms with Gasteiger partial charge in [-0.05, 0) is 56.2 Å². The quantitative estimate of drug-likeness (QED) is 0.590. The summed E-state index contributed by atoms with van der Waals surface area (Å²) in [7, 11) is -3.68. The summed E-state index contributed by atoms with van der Waals surface area (Å²) in [5, 5.41) is 0. The van der Waals surface area contributed by atoms with Crippen molar-refractivity contribution in [3.8, 4) is 0 Å². The number of rotatable bonds is 8. The molecule has 0 aliphatic rings. The van der Waals surface area contributed by atoms with Gasteiger partial charge in [-0.1, -0.05) is 54.6 Å². The number of nitrogens with one attached hydrogen (secondary N) is 1. The minimum atomic E-state index is -3.68. The van der Waals surface area contributed by atoms with Gasteiger partial charge in [-0.15, -0.1) is 0 Å². The first-order valence-electron chi connectivity index (χ1n) is 9.90. The second-order valence-corrected chi connectivity index (χ2v) is 9.05. The number of amides is 1. The fourth-order valence-corrected chi connectivity index (χ4v) is 4.47. The van der Waals surface area contributed by atoms with Gasteiger partial charge in [-0.2, -0.15) is 0 Å². The van der Waals surface area contributed by atoms with Crippen molar-refractivity contribution in [2.24, 2.45) is 0 Å². The van der Waals surface area contributed by atoms with Crippen LogP contribution in [0.3, 0.4) is 0 Å². The van der Waals surface area contributed by atoms with Gasteiger partial charge in [0.1, 0.15) is 0 Å². The van der Waals surface area contributed by atoms with Gasteiger partial charge in [0.05, 0.1) is 4.90 Å². The van der Waals surface area contributed by atoms with E-state index >= 15 is 0 Å². The van der Waals surface area contributed by atoms with Gasteiger partial charge in [-0.25, -0.2) is 13.1 Å². The molecule has 3 aromatic carbocycles. The summed E-state index contributed by atoms with van der Waals surface area (Å²) < 4.78 is 27.6. The van der Waals surface area contributed by atoms with Crippen LogP contribution >= 0.6 is 0 Å². The summed E-state index contributed by atoms with van der Waals surface area (Å²) in [5.74, 6) is -0.237. The van der Waals surface area contributed by atoms with Crippen LogP contribution in [-0.4, -0.2) is 26.9 Å². The molecule has 6 heteroatoms. The lowest BCUT2D eigenvalue weighted by atomic mass is 10.1. The zero-order valence-electron chi connectivity index (χ0n) is 17.2. The number of anilines is 1. The summed E-state index contributed by atoms with van der Waals surface area (Å²) in [6, 6.07) is 25.3. The molecule has 5 nitrogen and oxygen atoms in total. The second-order valence-electron chi connectivity index (χ2n) is 7.33. The van der Waals surface area contributed by atoms with Crippen molar-refractivity contribution in [1.29, 1.82) is 0 Å². The van der Waals surface area contributed by atoms with E-state index in [0.717, 1.165) is 11.3 Å². The van der Waals surface area contributed by atoms with Crippen molar-refractivity contribution in [2.75, 3.05) is 11.4 Å². The highest BCUT2D eigenvalue weighted by Gasteiger charge is 2.21. The Bertz CT molecular complexity index is 1080. The number of carbonyl (C=O) groups is 1. The van der Waals surface area contributed by atoms with Crippen LogP contribution < -0.4 is 9.62 Å². The molecule has 3 rings (SSSR count). The first-order valence-corrected chi connectivity index (χ1v) is 11.4. The Morgan fingerprint density at radius 1 is 0.900 bits per heavy atom. The third-order valence-electron chi connectivity index (χ3n) is 4.56. The molecule has 0 spiro atoms. The molecule has 1 amide bonds. The van der Waals surface area contributed by atoms with Crippen molar-refractivity contribution in [1.82, 2.24) is 4.72 Å². The molecule has 30 heavy (non-hydrogen) atoms. The largest absolute Gasteiger partial charge is 0.308 e. The molecule has 0 saturated heterocycles. The highest BCUT2D eigenvalue weighted by atomic mass is 32.2. The van der Waals surface area contributed by atoms with E-state index in [-0.39, 0.29) is 16.8 Å². The number of para-hydroxylation sites is 1. The number of nitrogens with zero attached hydrogens (tertiary/aromatic N) is 1. The zero-order chi connectivity index (χ0) is 21.6. The van der Waals surface area contributed by atoms with Crippen molar-refractivity contribution in [3.63, 3.8) is 0 Å². The first-order chi connectivity index (χ1) is 14.4. The summed E-state index contributed by atoms with van der Waals surface area (Å²) in [6.45, 7) is 3.99. The molecule has 0 fully saturated rings. The highest BCUT2D eigenvalue weighted by molar-refractivity contribution is 7.89. The van der Waals surface area contributed by atoms with Crippen LogP contribution in [0.1, 0.15) is 29.8 Å². The number of hydrogen-bond acceptors (Lipinski definition) is 3. The fourth-order valence-electron chi connectivity index (χ4n) is 3.17. The van der Waals surface area contributed by atoms with E-state index in [0.29, 0.717) is 18.5 Å². The Morgan fingerprint density at radius 3 is 2.17 bits per heavy atom. The summed E-state index contributed by atoms with van der Waals surface area (Å²) in [4.78, 5) is 15.1. The predicted octanol–water partition coefficient (Wildman–Crippen LogP) is 4.26. The molecule has 3 aromatic rings. The lowest BCUT2D eigenvalue weighted by Gasteiger charge is -2.23. The van der Waals surface area contributed by atoms with E-state index in [2.05, 4.69) is 4.72 Å². The second kappa shape index (κ2) is 9.69. The lowest BCUT2D eigenvalue weighted by Crippen LogP contribution is -2.33. The van der Waals surface area contributed by atoms with Crippen LogP contribution in [0.5, 0.6) is 0 Å². The van der Waals surface area contributed by atoms with Gasteiger partial charge < -0.3 is 4.90 Å². The summed E-state index contributed by atoms with van der Waals surface area (Å²) >= 11 is 0. The minimum Gasteiger partial charge on any atom is -0.308 e. The van der Waals surface area contributed by atoms with Crippen LogP contribution in [0.25, 0.3) is 0 Å². The van der Waals surface area contributed by atoms with Crippen molar-refractivity contribution >= 4 is 21.6 Å². The maximum atomic E-state index is 13.4. The molecule has 0 atom stereocenters. The van der Waals surface area contributed by atoms with E-state index in [4.69, 9.17) is 0 Å². The number of sulfonamides is 1. The molecule has 156 valence electrons. The Balaban J connectivity index is 1.90. The van der Waals surface area contributed by atoms with Gasteiger partial charge in [0, 0.05) is 23.8 Å². The maximum Gasteiger partial charge on any atom is 0.258 e. The topological polar surface area (TPSA) is 66.5 Å². The third-order valence-corrected chi connectivity index (χ3v) is 6.22. The SMILES string of the molecule is CC(C)NS(=O)(=O)c1cccc(C(=O)N(CCc2ccccc2)c2ccccc2)c1. The molecule has 0 aliphatic carbocycles. The third kappa shape index (κ3) is 5.55. The molecular weight excluding hydrogens is 396 g/mol. The molecule has 0 unspecified atom stereocenters. The van der Waals surface area contributed by atoms with E-state index in [1.165, 1.54) is 12.1 Å².